The van der Waals surface area contributed by atoms with E-state index in [2.05, 4.69) is 10.1 Å². The summed E-state index contributed by atoms with van der Waals surface area (Å²) in [5, 5.41) is 3.86. The number of ether oxygens (including phenoxy) is 2. The smallest absolute Gasteiger partial charge is 0.330 e. The Bertz CT molecular complexity index is 434. The molecule has 1 saturated heterocycles. The Labute approximate surface area is 98.6 Å². The fourth-order valence-corrected chi connectivity index (χ4v) is 1.42. The number of hydrogen-bond donors (Lipinski definition) is 0. The summed E-state index contributed by atoms with van der Waals surface area (Å²) in [4.78, 5) is 15.3. The SMILES string of the molecule is CCOC(=O)/C=C/c1nc(C2(C)COC2)no1. The monoisotopic (exact) mass is 238 g/mol. The van der Waals surface area contributed by atoms with Gasteiger partial charge in [0.05, 0.1) is 25.2 Å². The predicted octanol–water partition coefficient (Wildman–Crippen LogP) is 0.934. The molecule has 1 fully saturated rings. The summed E-state index contributed by atoms with van der Waals surface area (Å²) in [7, 11) is 0. The van der Waals surface area contributed by atoms with Crippen LogP contribution < -0.4 is 0 Å². The van der Waals surface area contributed by atoms with Gasteiger partial charge in [0.25, 0.3) is 5.89 Å². The van der Waals surface area contributed by atoms with Gasteiger partial charge in [0.15, 0.2) is 5.82 Å². The first-order chi connectivity index (χ1) is 8.14. The highest BCUT2D eigenvalue weighted by Gasteiger charge is 2.39. The molecule has 0 bridgehead atoms. The van der Waals surface area contributed by atoms with E-state index >= 15 is 0 Å². The van der Waals surface area contributed by atoms with Gasteiger partial charge >= 0.3 is 5.97 Å². The summed E-state index contributed by atoms with van der Waals surface area (Å²) < 4.78 is 14.9. The second-order valence-electron chi connectivity index (χ2n) is 4.10. The Balaban J connectivity index is 2.01. The molecule has 1 aromatic heterocycles. The molecule has 1 aromatic rings. The fraction of sp³-hybridized carbons (Fsp3) is 0.545. The van der Waals surface area contributed by atoms with Crippen molar-refractivity contribution in [1.29, 1.82) is 0 Å². The van der Waals surface area contributed by atoms with Crippen LogP contribution in [0.1, 0.15) is 25.6 Å². The summed E-state index contributed by atoms with van der Waals surface area (Å²) in [6.45, 7) is 5.27. The van der Waals surface area contributed by atoms with Crippen LogP contribution in [0.25, 0.3) is 6.08 Å². The maximum atomic E-state index is 11.1. The molecule has 0 aromatic carbocycles. The van der Waals surface area contributed by atoms with E-state index in [0.29, 0.717) is 31.5 Å². The summed E-state index contributed by atoms with van der Waals surface area (Å²) in [5.41, 5.74) is -0.167. The minimum Gasteiger partial charge on any atom is -0.463 e. The van der Waals surface area contributed by atoms with E-state index in [1.165, 1.54) is 12.2 Å². The number of rotatable bonds is 4. The standard InChI is InChI=1S/C11H14N2O4/c1-3-16-9(14)5-4-8-12-10(13-17-8)11(2)6-15-7-11/h4-5H,3,6-7H2,1-2H3/b5-4+. The molecule has 92 valence electrons. The molecule has 17 heavy (non-hydrogen) atoms. The van der Waals surface area contributed by atoms with Gasteiger partial charge in [0.2, 0.25) is 0 Å². The van der Waals surface area contributed by atoms with Crippen LogP contribution in [0.15, 0.2) is 10.6 Å². The molecule has 1 aliphatic rings. The van der Waals surface area contributed by atoms with E-state index in [0.717, 1.165) is 0 Å². The Morgan fingerprint density at radius 2 is 2.35 bits per heavy atom. The van der Waals surface area contributed by atoms with Gasteiger partial charge in [-0.05, 0) is 13.8 Å². The van der Waals surface area contributed by atoms with E-state index < -0.39 is 5.97 Å². The summed E-state index contributed by atoms with van der Waals surface area (Å²) in [6.07, 6.45) is 2.71. The minimum atomic E-state index is -0.426. The lowest BCUT2D eigenvalue weighted by molar-refractivity contribution is -0.137. The molecule has 2 rings (SSSR count). The Hall–Kier alpha value is -1.69. The van der Waals surface area contributed by atoms with Crippen molar-refractivity contribution >= 4 is 12.0 Å². The van der Waals surface area contributed by atoms with Crippen molar-refractivity contribution in [3.8, 4) is 0 Å². The molecule has 0 amide bonds. The maximum absolute atomic E-state index is 11.1. The summed E-state index contributed by atoms with van der Waals surface area (Å²) in [6, 6.07) is 0. The number of carbonyl (C=O) groups is 1. The van der Waals surface area contributed by atoms with Crippen molar-refractivity contribution in [1.82, 2.24) is 10.1 Å². The average molecular weight is 238 g/mol. The molecule has 0 saturated carbocycles. The molecule has 0 spiro atoms. The van der Waals surface area contributed by atoms with Crippen molar-refractivity contribution < 1.29 is 18.8 Å². The van der Waals surface area contributed by atoms with E-state index in [4.69, 9.17) is 14.0 Å². The van der Waals surface area contributed by atoms with Crippen LogP contribution in [0.5, 0.6) is 0 Å². The molecule has 0 atom stereocenters. The third-order valence-electron chi connectivity index (χ3n) is 2.47. The molecule has 0 N–H and O–H groups in total. The average Bonchev–Trinajstić information content (AvgIpc) is 2.72. The highest BCUT2D eigenvalue weighted by molar-refractivity contribution is 5.86. The lowest BCUT2D eigenvalue weighted by Gasteiger charge is -2.34. The van der Waals surface area contributed by atoms with Gasteiger partial charge in [-0.3, -0.25) is 0 Å². The minimum absolute atomic E-state index is 0.167. The van der Waals surface area contributed by atoms with Crippen LogP contribution in [0.2, 0.25) is 0 Å². The van der Waals surface area contributed by atoms with Crippen LogP contribution >= 0.6 is 0 Å². The zero-order valence-corrected chi connectivity index (χ0v) is 9.80. The Morgan fingerprint density at radius 1 is 1.59 bits per heavy atom. The third kappa shape index (κ3) is 2.52. The highest BCUT2D eigenvalue weighted by Crippen LogP contribution is 2.29. The number of esters is 1. The van der Waals surface area contributed by atoms with Gasteiger partial charge in [-0.25, -0.2) is 4.79 Å². The van der Waals surface area contributed by atoms with Gasteiger partial charge in [0.1, 0.15) is 0 Å². The first-order valence-corrected chi connectivity index (χ1v) is 5.41. The maximum Gasteiger partial charge on any atom is 0.330 e. The first kappa shape index (κ1) is 11.8. The summed E-state index contributed by atoms with van der Waals surface area (Å²) >= 11 is 0. The molecule has 0 aliphatic carbocycles. The normalized spacial score (nSPS) is 18.0. The van der Waals surface area contributed by atoms with Crippen LogP contribution in [-0.2, 0) is 19.7 Å². The van der Waals surface area contributed by atoms with Gasteiger partial charge in [-0.1, -0.05) is 5.16 Å². The predicted molar refractivity (Wildman–Crippen MR) is 58.1 cm³/mol. The van der Waals surface area contributed by atoms with Crippen LogP contribution in [0.3, 0.4) is 0 Å². The zero-order chi connectivity index (χ0) is 12.3. The number of nitrogens with zero attached hydrogens (tertiary/aromatic N) is 2. The molecule has 6 nitrogen and oxygen atoms in total. The largest absolute Gasteiger partial charge is 0.463 e. The lowest BCUT2D eigenvalue weighted by Crippen LogP contribution is -2.44. The first-order valence-electron chi connectivity index (χ1n) is 5.41. The zero-order valence-electron chi connectivity index (χ0n) is 9.80. The van der Waals surface area contributed by atoms with Crippen molar-refractivity contribution in [3.05, 3.63) is 17.8 Å². The molecule has 2 heterocycles. The van der Waals surface area contributed by atoms with Gasteiger partial charge in [-0.15, -0.1) is 0 Å². The molecular formula is C11H14N2O4. The van der Waals surface area contributed by atoms with E-state index in [1.54, 1.807) is 6.92 Å². The number of carbonyl (C=O) groups excluding carboxylic acids is 1. The van der Waals surface area contributed by atoms with Crippen molar-refractivity contribution in [2.24, 2.45) is 0 Å². The molecule has 1 aliphatic heterocycles. The molecule has 0 radical (unpaired) electrons. The molecular weight excluding hydrogens is 224 g/mol. The van der Waals surface area contributed by atoms with Crippen LogP contribution in [-0.4, -0.2) is 35.9 Å². The second kappa shape index (κ2) is 4.67. The van der Waals surface area contributed by atoms with E-state index in [9.17, 15) is 4.79 Å². The van der Waals surface area contributed by atoms with Crippen molar-refractivity contribution in [2.45, 2.75) is 19.3 Å². The third-order valence-corrected chi connectivity index (χ3v) is 2.47. The van der Waals surface area contributed by atoms with Gasteiger partial charge in [0, 0.05) is 12.2 Å². The Kier molecular flexibility index (Phi) is 3.23. The van der Waals surface area contributed by atoms with Crippen molar-refractivity contribution in [2.75, 3.05) is 19.8 Å². The van der Waals surface area contributed by atoms with Crippen LogP contribution in [0.4, 0.5) is 0 Å². The molecule has 6 heteroatoms. The number of hydrogen-bond acceptors (Lipinski definition) is 6. The van der Waals surface area contributed by atoms with Gasteiger partial charge < -0.3 is 14.0 Å². The quantitative estimate of drug-likeness (QED) is 0.574. The lowest BCUT2D eigenvalue weighted by atomic mass is 9.88. The highest BCUT2D eigenvalue weighted by atomic mass is 16.5. The van der Waals surface area contributed by atoms with Crippen molar-refractivity contribution in [3.63, 3.8) is 0 Å². The van der Waals surface area contributed by atoms with Gasteiger partial charge in [-0.2, -0.15) is 4.98 Å². The topological polar surface area (TPSA) is 74.5 Å². The summed E-state index contributed by atoms with van der Waals surface area (Å²) in [5.74, 6) is 0.471. The number of aromatic nitrogens is 2. The van der Waals surface area contributed by atoms with E-state index in [1.807, 2.05) is 6.92 Å². The second-order valence-corrected chi connectivity index (χ2v) is 4.10. The Morgan fingerprint density at radius 3 is 2.94 bits per heavy atom. The van der Waals surface area contributed by atoms with E-state index in [-0.39, 0.29) is 5.41 Å². The fourth-order valence-electron chi connectivity index (χ4n) is 1.42. The molecule has 0 unspecified atom stereocenters. The van der Waals surface area contributed by atoms with Crippen LogP contribution in [0, 0.1) is 0 Å².